The summed E-state index contributed by atoms with van der Waals surface area (Å²) < 4.78 is 0. The maximum Gasteiger partial charge on any atom is 0.0212 e. The van der Waals surface area contributed by atoms with Gasteiger partial charge in [-0.25, -0.2) is 0 Å². The lowest BCUT2D eigenvalue weighted by Crippen LogP contribution is -1.58. The van der Waals surface area contributed by atoms with Crippen molar-refractivity contribution in [3.63, 3.8) is 0 Å². The maximum absolute atomic E-state index is 3.29. The van der Waals surface area contributed by atoms with E-state index in [1.54, 1.807) is 0 Å². The minimum absolute atomic E-state index is 0.963. The maximum atomic E-state index is 3.29. The molecular weight excluding hydrogens is 164 g/mol. The highest BCUT2D eigenvalue weighted by Gasteiger charge is 1.66. The van der Waals surface area contributed by atoms with E-state index in [4.69, 9.17) is 0 Å². The van der Waals surface area contributed by atoms with Crippen LogP contribution < -0.4 is 0 Å². The molecule has 0 aliphatic carbocycles. The molecule has 0 aliphatic rings. The zero-order valence-corrected chi connectivity index (χ0v) is 6.69. The van der Waals surface area contributed by atoms with E-state index < -0.39 is 0 Å². The minimum Gasteiger partial charge on any atom is -0.0914 e. The average Bonchev–Trinajstić information content (AvgIpc) is 1.81. The largest absolute Gasteiger partial charge is 0.0914 e. The molecule has 0 heterocycles. The molecule has 8 heavy (non-hydrogen) atoms. The van der Waals surface area contributed by atoms with Crippen molar-refractivity contribution in [2.24, 2.45) is 0 Å². The number of halogens is 1. The van der Waals surface area contributed by atoms with Crippen molar-refractivity contribution in [3.8, 4) is 0 Å². The number of rotatable bonds is 3. The van der Waals surface area contributed by atoms with Crippen LogP contribution in [0.5, 0.6) is 0 Å². The zero-order chi connectivity index (χ0) is 6.24. The van der Waals surface area contributed by atoms with Crippen molar-refractivity contribution >= 4 is 15.9 Å². The first-order valence-corrected chi connectivity index (χ1v) is 3.86. The van der Waals surface area contributed by atoms with E-state index in [-0.39, 0.29) is 0 Å². The van der Waals surface area contributed by atoms with Gasteiger partial charge in [0.2, 0.25) is 0 Å². The van der Waals surface area contributed by atoms with Gasteiger partial charge in [-0.1, -0.05) is 40.2 Å². The number of allylic oxidation sites excluding steroid dienone is 4. The van der Waals surface area contributed by atoms with Gasteiger partial charge in [0.05, 0.1) is 0 Å². The quantitative estimate of drug-likeness (QED) is 0.457. The van der Waals surface area contributed by atoms with Gasteiger partial charge in [-0.2, -0.15) is 0 Å². The van der Waals surface area contributed by atoms with E-state index >= 15 is 0 Å². The van der Waals surface area contributed by atoms with Crippen LogP contribution in [0.3, 0.4) is 0 Å². The highest BCUT2D eigenvalue weighted by Crippen LogP contribution is 1.87. The summed E-state index contributed by atoms with van der Waals surface area (Å²) in [6, 6.07) is 0. The van der Waals surface area contributed by atoms with Gasteiger partial charge >= 0.3 is 0 Å². The lowest BCUT2D eigenvalue weighted by atomic mass is 10.3. The summed E-state index contributed by atoms with van der Waals surface area (Å²) in [7, 11) is 0. The van der Waals surface area contributed by atoms with Gasteiger partial charge in [0.25, 0.3) is 0 Å². The molecule has 0 atom stereocenters. The molecule has 0 amide bonds. The van der Waals surface area contributed by atoms with Gasteiger partial charge in [0, 0.05) is 5.33 Å². The molecule has 0 aliphatic heterocycles. The Labute approximate surface area is 59.4 Å². The molecule has 46 valence electrons. The standard InChI is InChI=1S/C7H11Br/c1-2-3-4-5-6-7-8/h2-3,5-6H,4,7H2,1H3/b3-2+,6-5+. The van der Waals surface area contributed by atoms with Gasteiger partial charge in [-0.15, -0.1) is 0 Å². The first kappa shape index (κ1) is 7.96. The molecule has 0 N–H and O–H groups in total. The second kappa shape index (κ2) is 6.96. The normalized spacial score (nSPS) is 11.8. The third-order valence-corrected chi connectivity index (χ3v) is 1.14. The summed E-state index contributed by atoms with van der Waals surface area (Å²) in [5.41, 5.74) is 0. The molecule has 0 saturated heterocycles. The molecule has 0 aromatic heterocycles. The summed E-state index contributed by atoms with van der Waals surface area (Å²) >= 11 is 3.29. The van der Waals surface area contributed by atoms with Crippen molar-refractivity contribution in [1.82, 2.24) is 0 Å². The first-order chi connectivity index (χ1) is 3.91. The predicted octanol–water partition coefficient (Wildman–Crippen LogP) is 2.90. The third-order valence-electron chi connectivity index (χ3n) is 0.764. The summed E-state index contributed by atoms with van der Waals surface area (Å²) in [5, 5.41) is 0.963. The summed E-state index contributed by atoms with van der Waals surface area (Å²) in [6.07, 6.45) is 9.47. The Morgan fingerprint density at radius 2 is 2.00 bits per heavy atom. The molecule has 0 bridgehead atoms. The van der Waals surface area contributed by atoms with Crippen LogP contribution in [0.15, 0.2) is 24.3 Å². The third kappa shape index (κ3) is 5.96. The zero-order valence-electron chi connectivity index (χ0n) is 5.10. The van der Waals surface area contributed by atoms with Crippen LogP contribution in [0, 0.1) is 0 Å². The first-order valence-electron chi connectivity index (χ1n) is 2.74. The lowest BCUT2D eigenvalue weighted by Gasteiger charge is -1.76. The lowest BCUT2D eigenvalue weighted by molar-refractivity contribution is 1.37. The Morgan fingerprint density at radius 1 is 1.25 bits per heavy atom. The van der Waals surface area contributed by atoms with Crippen LogP contribution in [0.2, 0.25) is 0 Å². The van der Waals surface area contributed by atoms with Crippen molar-refractivity contribution < 1.29 is 0 Å². The second-order valence-electron chi connectivity index (χ2n) is 1.43. The molecule has 0 spiro atoms. The summed E-state index contributed by atoms with van der Waals surface area (Å²) in [6.45, 7) is 2.03. The van der Waals surface area contributed by atoms with Crippen molar-refractivity contribution in [1.29, 1.82) is 0 Å². The van der Waals surface area contributed by atoms with Gasteiger partial charge in [-0.3, -0.25) is 0 Å². The molecule has 0 nitrogen and oxygen atoms in total. The highest BCUT2D eigenvalue weighted by atomic mass is 79.9. The molecule has 0 aromatic carbocycles. The van der Waals surface area contributed by atoms with Crippen LogP contribution in [-0.2, 0) is 0 Å². The van der Waals surface area contributed by atoms with Crippen LogP contribution >= 0.6 is 15.9 Å². The molecule has 0 saturated carbocycles. The molecule has 0 radical (unpaired) electrons. The number of alkyl halides is 1. The van der Waals surface area contributed by atoms with Crippen molar-refractivity contribution in [2.45, 2.75) is 13.3 Å². The topological polar surface area (TPSA) is 0 Å². The molecular formula is C7H11Br. The smallest absolute Gasteiger partial charge is 0.0212 e. The van der Waals surface area contributed by atoms with E-state index in [1.807, 2.05) is 6.92 Å². The molecule has 0 unspecified atom stereocenters. The van der Waals surface area contributed by atoms with E-state index in [0.29, 0.717) is 0 Å². The molecule has 1 heteroatoms. The number of hydrogen-bond donors (Lipinski definition) is 0. The van der Waals surface area contributed by atoms with E-state index in [2.05, 4.69) is 40.2 Å². The fourth-order valence-corrected chi connectivity index (χ4v) is 0.638. The molecule has 0 aromatic rings. The highest BCUT2D eigenvalue weighted by molar-refractivity contribution is 9.09. The Bertz CT molecular complexity index is 82.4. The average molecular weight is 175 g/mol. The van der Waals surface area contributed by atoms with Gasteiger partial charge in [0.1, 0.15) is 0 Å². The Balaban J connectivity index is 3.03. The SMILES string of the molecule is C/C=C/C/C=C/CBr. The van der Waals surface area contributed by atoms with Crippen molar-refractivity contribution in [2.75, 3.05) is 5.33 Å². The van der Waals surface area contributed by atoms with Crippen LogP contribution in [0.1, 0.15) is 13.3 Å². The van der Waals surface area contributed by atoms with Gasteiger partial charge in [0.15, 0.2) is 0 Å². The van der Waals surface area contributed by atoms with E-state index in [0.717, 1.165) is 11.8 Å². The fraction of sp³-hybridized carbons (Fsp3) is 0.429. The summed E-state index contributed by atoms with van der Waals surface area (Å²) in [5.74, 6) is 0. The minimum atomic E-state index is 0.963. The fourth-order valence-electron chi connectivity index (χ4n) is 0.374. The predicted molar refractivity (Wildman–Crippen MR) is 42.4 cm³/mol. The molecule has 0 rings (SSSR count). The van der Waals surface area contributed by atoms with Crippen LogP contribution in [0.25, 0.3) is 0 Å². The van der Waals surface area contributed by atoms with Gasteiger partial charge in [-0.05, 0) is 13.3 Å². The number of hydrogen-bond acceptors (Lipinski definition) is 0. The van der Waals surface area contributed by atoms with E-state index in [1.165, 1.54) is 0 Å². The monoisotopic (exact) mass is 174 g/mol. The Morgan fingerprint density at radius 3 is 2.50 bits per heavy atom. The van der Waals surface area contributed by atoms with Crippen molar-refractivity contribution in [3.05, 3.63) is 24.3 Å². The van der Waals surface area contributed by atoms with Crippen LogP contribution in [0.4, 0.5) is 0 Å². The Kier molecular flexibility index (Phi) is 6.93. The van der Waals surface area contributed by atoms with Crippen LogP contribution in [-0.4, -0.2) is 5.33 Å². The molecule has 0 fully saturated rings. The summed E-state index contributed by atoms with van der Waals surface area (Å²) in [4.78, 5) is 0. The van der Waals surface area contributed by atoms with E-state index in [9.17, 15) is 0 Å². The Hall–Kier alpha value is -0.0400. The van der Waals surface area contributed by atoms with Gasteiger partial charge < -0.3 is 0 Å². The second-order valence-corrected chi connectivity index (χ2v) is 2.08.